The second kappa shape index (κ2) is 5.38. The number of halogens is 2. The fourth-order valence-electron chi connectivity index (χ4n) is 1.83. The van der Waals surface area contributed by atoms with E-state index >= 15 is 0 Å². The Hall–Kier alpha value is -1.91. The first kappa shape index (κ1) is 13.5. The molecule has 0 atom stereocenters. The van der Waals surface area contributed by atoms with Crippen molar-refractivity contribution in [1.82, 2.24) is 9.78 Å². The predicted molar refractivity (Wildman–Crippen MR) is 71.4 cm³/mol. The third kappa shape index (κ3) is 3.10. The molecule has 1 aromatic heterocycles. The number of hydrogen-bond acceptors (Lipinski definition) is 2. The second-order valence-electron chi connectivity index (χ2n) is 5.00. The monoisotopic (exact) mass is 265 g/mol. The number of rotatable bonds is 4. The van der Waals surface area contributed by atoms with E-state index in [0.717, 1.165) is 24.6 Å². The summed E-state index contributed by atoms with van der Waals surface area (Å²) in [5, 5.41) is 4.24. The number of aromatic nitrogens is 2. The molecular weight excluding hydrogens is 248 g/mol. The van der Waals surface area contributed by atoms with Gasteiger partial charge in [0.25, 0.3) is 0 Å². The van der Waals surface area contributed by atoms with Crippen molar-refractivity contribution in [3.8, 4) is 11.3 Å². The van der Waals surface area contributed by atoms with E-state index in [1.807, 2.05) is 0 Å². The molecule has 0 unspecified atom stereocenters. The first-order chi connectivity index (χ1) is 8.97. The summed E-state index contributed by atoms with van der Waals surface area (Å²) in [5.41, 5.74) is 6.57. The summed E-state index contributed by atoms with van der Waals surface area (Å²) in [6, 6.07) is 3.27. The summed E-state index contributed by atoms with van der Waals surface area (Å²) >= 11 is 0. The molecule has 0 aliphatic carbocycles. The largest absolute Gasteiger partial charge is 0.396 e. The zero-order valence-corrected chi connectivity index (χ0v) is 11.0. The lowest BCUT2D eigenvalue weighted by atomic mass is 10.1. The molecular formula is C14H17F2N3. The summed E-state index contributed by atoms with van der Waals surface area (Å²) in [7, 11) is 0. The fraction of sp³-hybridized carbons (Fsp3) is 0.357. The van der Waals surface area contributed by atoms with Crippen LogP contribution in [0.2, 0.25) is 0 Å². The number of nitrogen functional groups attached to an aromatic ring is 1. The number of nitrogens with two attached hydrogens (primary N) is 1. The van der Waals surface area contributed by atoms with E-state index in [4.69, 9.17) is 5.73 Å². The molecule has 0 radical (unpaired) electrons. The highest BCUT2D eigenvalue weighted by atomic mass is 19.1. The second-order valence-corrected chi connectivity index (χ2v) is 5.00. The third-order valence-electron chi connectivity index (χ3n) is 2.91. The number of anilines is 1. The van der Waals surface area contributed by atoms with Gasteiger partial charge in [-0.1, -0.05) is 13.8 Å². The average Bonchev–Trinajstić information content (AvgIpc) is 2.71. The summed E-state index contributed by atoms with van der Waals surface area (Å²) in [6.45, 7) is 4.93. The standard InChI is InChI=1S/C14H17F2N3/c1-9(2)5-6-19-8-13(17)14(18-19)11-7-10(15)3-4-12(11)16/h3-4,7-9H,5-6,17H2,1-2H3. The van der Waals surface area contributed by atoms with Crippen molar-refractivity contribution >= 4 is 5.69 Å². The molecule has 19 heavy (non-hydrogen) atoms. The van der Waals surface area contributed by atoms with Gasteiger partial charge in [-0.2, -0.15) is 5.10 Å². The van der Waals surface area contributed by atoms with E-state index in [0.29, 0.717) is 23.8 Å². The van der Waals surface area contributed by atoms with E-state index in [-0.39, 0.29) is 5.56 Å². The van der Waals surface area contributed by atoms with Gasteiger partial charge in [0.15, 0.2) is 0 Å². The van der Waals surface area contributed by atoms with Gasteiger partial charge in [-0.15, -0.1) is 0 Å². The quantitative estimate of drug-likeness (QED) is 0.920. The Morgan fingerprint density at radius 1 is 1.32 bits per heavy atom. The maximum Gasteiger partial charge on any atom is 0.132 e. The maximum atomic E-state index is 13.7. The van der Waals surface area contributed by atoms with Gasteiger partial charge in [0, 0.05) is 18.3 Å². The Labute approximate surface area is 111 Å². The molecule has 0 spiro atoms. The van der Waals surface area contributed by atoms with Crippen LogP contribution >= 0.6 is 0 Å². The molecule has 1 heterocycles. The fourth-order valence-corrected chi connectivity index (χ4v) is 1.83. The van der Waals surface area contributed by atoms with Crippen LogP contribution in [0.5, 0.6) is 0 Å². The Bertz CT molecular complexity index is 576. The van der Waals surface area contributed by atoms with Crippen molar-refractivity contribution in [1.29, 1.82) is 0 Å². The van der Waals surface area contributed by atoms with Crippen LogP contribution in [-0.2, 0) is 6.54 Å². The molecule has 0 aliphatic rings. The van der Waals surface area contributed by atoms with Crippen LogP contribution in [-0.4, -0.2) is 9.78 Å². The van der Waals surface area contributed by atoms with Crippen molar-refractivity contribution in [3.05, 3.63) is 36.0 Å². The van der Waals surface area contributed by atoms with Crippen molar-refractivity contribution in [2.24, 2.45) is 5.92 Å². The van der Waals surface area contributed by atoms with Crippen LogP contribution in [0.15, 0.2) is 24.4 Å². The Morgan fingerprint density at radius 3 is 2.74 bits per heavy atom. The summed E-state index contributed by atoms with van der Waals surface area (Å²) in [5.74, 6) is -0.491. The highest BCUT2D eigenvalue weighted by Crippen LogP contribution is 2.27. The summed E-state index contributed by atoms with van der Waals surface area (Å²) in [4.78, 5) is 0. The SMILES string of the molecule is CC(C)CCn1cc(N)c(-c2cc(F)ccc2F)n1. The van der Waals surface area contributed by atoms with Crippen LogP contribution in [0, 0.1) is 17.6 Å². The molecule has 102 valence electrons. The smallest absolute Gasteiger partial charge is 0.132 e. The van der Waals surface area contributed by atoms with E-state index in [2.05, 4.69) is 18.9 Å². The minimum Gasteiger partial charge on any atom is -0.396 e. The summed E-state index contributed by atoms with van der Waals surface area (Å²) < 4.78 is 28.5. The summed E-state index contributed by atoms with van der Waals surface area (Å²) in [6.07, 6.45) is 2.61. The average molecular weight is 265 g/mol. The van der Waals surface area contributed by atoms with Gasteiger partial charge in [-0.3, -0.25) is 4.68 Å². The van der Waals surface area contributed by atoms with E-state index in [1.54, 1.807) is 10.9 Å². The van der Waals surface area contributed by atoms with E-state index in [1.165, 1.54) is 0 Å². The van der Waals surface area contributed by atoms with Crippen molar-refractivity contribution in [2.75, 3.05) is 5.73 Å². The molecule has 0 aliphatic heterocycles. The van der Waals surface area contributed by atoms with E-state index < -0.39 is 11.6 Å². The molecule has 5 heteroatoms. The van der Waals surface area contributed by atoms with Gasteiger partial charge >= 0.3 is 0 Å². The van der Waals surface area contributed by atoms with Crippen molar-refractivity contribution in [3.63, 3.8) is 0 Å². The topological polar surface area (TPSA) is 43.8 Å². The van der Waals surface area contributed by atoms with Gasteiger partial charge in [-0.25, -0.2) is 8.78 Å². The zero-order chi connectivity index (χ0) is 14.0. The van der Waals surface area contributed by atoms with Crippen LogP contribution in [0.4, 0.5) is 14.5 Å². The molecule has 2 aromatic rings. The predicted octanol–water partition coefficient (Wildman–Crippen LogP) is 3.46. The van der Waals surface area contributed by atoms with Gasteiger partial charge < -0.3 is 5.73 Å². The molecule has 0 saturated carbocycles. The minimum absolute atomic E-state index is 0.0980. The number of hydrogen-bond donors (Lipinski definition) is 1. The number of aryl methyl sites for hydroxylation is 1. The van der Waals surface area contributed by atoms with Crippen LogP contribution in [0.3, 0.4) is 0 Å². The lowest BCUT2D eigenvalue weighted by Gasteiger charge is -2.04. The zero-order valence-electron chi connectivity index (χ0n) is 11.0. The van der Waals surface area contributed by atoms with Crippen LogP contribution < -0.4 is 5.73 Å². The first-order valence-electron chi connectivity index (χ1n) is 6.25. The first-order valence-corrected chi connectivity index (χ1v) is 6.25. The lowest BCUT2D eigenvalue weighted by molar-refractivity contribution is 0.488. The molecule has 2 N–H and O–H groups in total. The molecule has 1 aromatic carbocycles. The number of nitrogens with zero attached hydrogens (tertiary/aromatic N) is 2. The Morgan fingerprint density at radius 2 is 2.05 bits per heavy atom. The van der Waals surface area contributed by atoms with Crippen LogP contribution in [0.25, 0.3) is 11.3 Å². The Balaban J connectivity index is 2.32. The van der Waals surface area contributed by atoms with E-state index in [9.17, 15) is 8.78 Å². The van der Waals surface area contributed by atoms with Gasteiger partial charge in [-0.05, 0) is 30.5 Å². The highest BCUT2D eigenvalue weighted by molar-refractivity contribution is 5.72. The molecule has 0 fully saturated rings. The van der Waals surface area contributed by atoms with Crippen LogP contribution in [0.1, 0.15) is 20.3 Å². The number of benzene rings is 1. The van der Waals surface area contributed by atoms with Crippen molar-refractivity contribution < 1.29 is 8.78 Å². The Kier molecular flexibility index (Phi) is 3.83. The normalized spacial score (nSPS) is 11.2. The highest BCUT2D eigenvalue weighted by Gasteiger charge is 2.14. The molecule has 0 amide bonds. The lowest BCUT2D eigenvalue weighted by Crippen LogP contribution is -2.02. The molecule has 2 rings (SSSR count). The third-order valence-corrected chi connectivity index (χ3v) is 2.91. The maximum absolute atomic E-state index is 13.7. The van der Waals surface area contributed by atoms with Crippen molar-refractivity contribution in [2.45, 2.75) is 26.8 Å². The van der Waals surface area contributed by atoms with Gasteiger partial charge in [0.05, 0.1) is 5.69 Å². The minimum atomic E-state index is -0.526. The molecule has 0 bridgehead atoms. The van der Waals surface area contributed by atoms with Gasteiger partial charge in [0.2, 0.25) is 0 Å². The molecule has 0 saturated heterocycles. The van der Waals surface area contributed by atoms with Gasteiger partial charge in [0.1, 0.15) is 17.3 Å². The molecule has 3 nitrogen and oxygen atoms in total.